The number of alkyl halides is 1. The topological polar surface area (TPSA) is 70.0 Å². The van der Waals surface area contributed by atoms with Gasteiger partial charge in [-0.25, -0.2) is 13.1 Å². The third kappa shape index (κ3) is 5.05. The van der Waals surface area contributed by atoms with E-state index in [4.69, 9.17) is 16.9 Å². The Balaban J connectivity index is 2.56. The first kappa shape index (κ1) is 15.0. The molecule has 0 fully saturated rings. The standard InChI is InChI=1S/C12H15ClN2O2S/c1-10(6-13)9-18(16,17)15-8-12-4-2-11(7-14)3-5-12/h2-5,10,15H,6,8-9H2,1H3. The number of nitriles is 1. The highest BCUT2D eigenvalue weighted by Gasteiger charge is 2.14. The monoisotopic (exact) mass is 286 g/mol. The van der Waals surface area contributed by atoms with E-state index in [9.17, 15) is 8.42 Å². The summed E-state index contributed by atoms with van der Waals surface area (Å²) in [4.78, 5) is 0. The summed E-state index contributed by atoms with van der Waals surface area (Å²) < 4.78 is 25.9. The summed E-state index contributed by atoms with van der Waals surface area (Å²) in [6, 6.07) is 8.78. The third-order valence-corrected chi connectivity index (χ3v) is 4.47. The van der Waals surface area contributed by atoms with Crippen LogP contribution in [0.15, 0.2) is 24.3 Å². The summed E-state index contributed by atoms with van der Waals surface area (Å²) in [6.07, 6.45) is 0. The fourth-order valence-electron chi connectivity index (χ4n) is 1.37. The average Bonchev–Trinajstić information content (AvgIpc) is 2.36. The molecule has 4 nitrogen and oxygen atoms in total. The van der Waals surface area contributed by atoms with E-state index in [0.717, 1.165) is 5.56 Å². The number of nitrogens with one attached hydrogen (secondary N) is 1. The predicted molar refractivity (Wildman–Crippen MR) is 71.7 cm³/mol. The van der Waals surface area contributed by atoms with Gasteiger partial charge in [0.15, 0.2) is 0 Å². The van der Waals surface area contributed by atoms with Gasteiger partial charge in [-0.05, 0) is 23.6 Å². The van der Waals surface area contributed by atoms with Gasteiger partial charge in [0.2, 0.25) is 10.0 Å². The van der Waals surface area contributed by atoms with Crippen LogP contribution >= 0.6 is 11.6 Å². The lowest BCUT2D eigenvalue weighted by atomic mass is 10.1. The van der Waals surface area contributed by atoms with E-state index in [1.54, 1.807) is 31.2 Å². The lowest BCUT2D eigenvalue weighted by Crippen LogP contribution is -2.29. The lowest BCUT2D eigenvalue weighted by Gasteiger charge is -2.10. The van der Waals surface area contributed by atoms with Gasteiger partial charge in [0.25, 0.3) is 0 Å². The Bertz CT molecular complexity index is 520. The zero-order valence-electron chi connectivity index (χ0n) is 10.1. The number of hydrogen-bond donors (Lipinski definition) is 1. The van der Waals surface area contributed by atoms with E-state index in [1.165, 1.54) is 0 Å². The van der Waals surface area contributed by atoms with Crippen LogP contribution in [0.3, 0.4) is 0 Å². The first-order valence-corrected chi connectivity index (χ1v) is 7.68. The van der Waals surface area contributed by atoms with Crippen LogP contribution in [-0.2, 0) is 16.6 Å². The maximum Gasteiger partial charge on any atom is 0.212 e. The van der Waals surface area contributed by atoms with E-state index < -0.39 is 10.0 Å². The number of hydrogen-bond acceptors (Lipinski definition) is 3. The molecule has 1 atom stereocenters. The molecular weight excluding hydrogens is 272 g/mol. The van der Waals surface area contributed by atoms with Crippen LogP contribution in [-0.4, -0.2) is 20.1 Å². The number of nitrogens with zero attached hydrogens (tertiary/aromatic N) is 1. The fourth-order valence-corrected chi connectivity index (χ4v) is 2.98. The minimum absolute atomic E-state index is 0.0206. The molecular formula is C12H15ClN2O2S. The molecule has 1 aromatic rings. The second-order valence-corrected chi connectivity index (χ2v) is 6.33. The van der Waals surface area contributed by atoms with Crippen molar-refractivity contribution in [1.29, 1.82) is 5.26 Å². The molecule has 18 heavy (non-hydrogen) atoms. The highest BCUT2D eigenvalue weighted by atomic mass is 35.5. The molecule has 0 bridgehead atoms. The summed E-state index contributed by atoms with van der Waals surface area (Å²) in [5, 5.41) is 8.64. The van der Waals surface area contributed by atoms with Crippen LogP contribution in [0.4, 0.5) is 0 Å². The summed E-state index contributed by atoms with van der Waals surface area (Å²) in [6.45, 7) is 2.01. The summed E-state index contributed by atoms with van der Waals surface area (Å²) in [5.74, 6) is 0.259. The molecule has 1 aromatic carbocycles. The van der Waals surface area contributed by atoms with Crippen LogP contribution in [0.5, 0.6) is 0 Å². The Morgan fingerprint density at radius 2 is 2.00 bits per heavy atom. The normalized spacial score (nSPS) is 12.9. The van der Waals surface area contributed by atoms with Gasteiger partial charge < -0.3 is 0 Å². The van der Waals surface area contributed by atoms with Gasteiger partial charge in [0, 0.05) is 12.4 Å². The first-order chi connectivity index (χ1) is 8.46. The Morgan fingerprint density at radius 1 is 1.39 bits per heavy atom. The summed E-state index contributed by atoms with van der Waals surface area (Å²) in [7, 11) is -3.31. The molecule has 0 amide bonds. The molecule has 0 heterocycles. The van der Waals surface area contributed by atoms with Gasteiger partial charge in [-0.15, -0.1) is 11.6 Å². The minimum atomic E-state index is -3.31. The van der Waals surface area contributed by atoms with Crippen LogP contribution in [0.1, 0.15) is 18.1 Å². The van der Waals surface area contributed by atoms with E-state index >= 15 is 0 Å². The Morgan fingerprint density at radius 3 is 2.50 bits per heavy atom. The second-order valence-electron chi connectivity index (χ2n) is 4.17. The Labute approximate surface area is 113 Å². The molecule has 0 spiro atoms. The number of sulfonamides is 1. The molecule has 0 radical (unpaired) electrons. The van der Waals surface area contributed by atoms with Crippen molar-refractivity contribution in [2.24, 2.45) is 5.92 Å². The molecule has 0 saturated carbocycles. The van der Waals surface area contributed by atoms with Crippen molar-refractivity contribution in [1.82, 2.24) is 4.72 Å². The Kier molecular flexibility index (Phi) is 5.60. The highest BCUT2D eigenvalue weighted by Crippen LogP contribution is 2.06. The van der Waals surface area contributed by atoms with Gasteiger partial charge >= 0.3 is 0 Å². The van der Waals surface area contributed by atoms with Gasteiger partial charge in [-0.2, -0.15) is 5.26 Å². The molecule has 0 aromatic heterocycles. The number of halogens is 1. The predicted octanol–water partition coefficient (Wildman–Crippen LogP) is 1.85. The summed E-state index contributed by atoms with van der Waals surface area (Å²) >= 11 is 5.59. The van der Waals surface area contributed by atoms with E-state index in [2.05, 4.69) is 4.72 Å². The molecule has 1 unspecified atom stereocenters. The van der Waals surface area contributed by atoms with Crippen molar-refractivity contribution < 1.29 is 8.42 Å². The van der Waals surface area contributed by atoms with Gasteiger partial charge in [-0.3, -0.25) is 0 Å². The van der Waals surface area contributed by atoms with Crippen LogP contribution in [0, 0.1) is 17.2 Å². The van der Waals surface area contributed by atoms with Crippen molar-refractivity contribution in [3.05, 3.63) is 35.4 Å². The third-order valence-electron chi connectivity index (χ3n) is 2.35. The fraction of sp³-hybridized carbons (Fsp3) is 0.417. The smallest absolute Gasteiger partial charge is 0.212 e. The number of rotatable bonds is 6. The SMILES string of the molecule is CC(CCl)CS(=O)(=O)NCc1ccc(C#N)cc1. The van der Waals surface area contributed by atoms with Crippen molar-refractivity contribution in [2.45, 2.75) is 13.5 Å². The maximum absolute atomic E-state index is 11.7. The molecule has 98 valence electrons. The molecule has 1 rings (SSSR count). The molecule has 6 heteroatoms. The van der Waals surface area contributed by atoms with E-state index in [0.29, 0.717) is 11.4 Å². The molecule has 0 saturated heterocycles. The Hall–Kier alpha value is -1.09. The highest BCUT2D eigenvalue weighted by molar-refractivity contribution is 7.89. The van der Waals surface area contributed by atoms with Gasteiger partial charge in [0.1, 0.15) is 0 Å². The van der Waals surface area contributed by atoms with Crippen molar-refractivity contribution in [3.63, 3.8) is 0 Å². The van der Waals surface area contributed by atoms with E-state index in [-0.39, 0.29) is 18.2 Å². The number of benzene rings is 1. The van der Waals surface area contributed by atoms with Gasteiger partial charge in [0.05, 0.1) is 17.4 Å². The van der Waals surface area contributed by atoms with Crippen molar-refractivity contribution in [3.8, 4) is 6.07 Å². The maximum atomic E-state index is 11.7. The van der Waals surface area contributed by atoms with Crippen molar-refractivity contribution >= 4 is 21.6 Å². The first-order valence-electron chi connectivity index (χ1n) is 5.49. The zero-order valence-corrected chi connectivity index (χ0v) is 11.6. The van der Waals surface area contributed by atoms with Crippen molar-refractivity contribution in [2.75, 3.05) is 11.6 Å². The van der Waals surface area contributed by atoms with Crippen LogP contribution in [0.25, 0.3) is 0 Å². The lowest BCUT2D eigenvalue weighted by molar-refractivity contribution is 0.568. The molecule has 0 aliphatic carbocycles. The van der Waals surface area contributed by atoms with Crippen LogP contribution in [0.2, 0.25) is 0 Å². The molecule has 1 N–H and O–H groups in total. The quantitative estimate of drug-likeness (QED) is 0.812. The van der Waals surface area contributed by atoms with E-state index in [1.807, 2.05) is 6.07 Å². The average molecular weight is 287 g/mol. The molecule has 0 aliphatic rings. The largest absolute Gasteiger partial charge is 0.212 e. The second kappa shape index (κ2) is 6.74. The van der Waals surface area contributed by atoms with Crippen LogP contribution < -0.4 is 4.72 Å². The van der Waals surface area contributed by atoms with Gasteiger partial charge in [-0.1, -0.05) is 19.1 Å². The summed E-state index contributed by atoms with van der Waals surface area (Å²) in [5.41, 5.74) is 1.37. The minimum Gasteiger partial charge on any atom is -0.212 e. The molecule has 0 aliphatic heterocycles. The zero-order chi connectivity index (χ0) is 13.6.